The highest BCUT2D eigenvalue weighted by Crippen LogP contribution is 2.26. The first-order valence-corrected chi connectivity index (χ1v) is 6.84. The van der Waals surface area contributed by atoms with Gasteiger partial charge in [0.1, 0.15) is 0 Å². The van der Waals surface area contributed by atoms with Crippen LogP contribution < -0.4 is 5.32 Å². The molecule has 0 aliphatic carbocycles. The van der Waals surface area contributed by atoms with Crippen LogP contribution in [0.5, 0.6) is 0 Å². The van der Waals surface area contributed by atoms with Crippen molar-refractivity contribution in [1.82, 2.24) is 4.90 Å². The Morgan fingerprint density at radius 1 is 1.18 bits per heavy atom. The molecule has 1 N–H and O–H groups in total. The largest absolute Gasteiger partial charge is 0.349 e. The smallest absolute Gasteiger partial charge is 0.173 e. The van der Waals surface area contributed by atoms with Crippen molar-refractivity contribution in [2.75, 3.05) is 18.4 Å². The van der Waals surface area contributed by atoms with Crippen LogP contribution in [0.25, 0.3) is 0 Å². The molecular formula is C12H14Cl2N2S. The molecule has 1 aromatic carbocycles. The normalized spacial score (nSPS) is 15.8. The van der Waals surface area contributed by atoms with E-state index >= 15 is 0 Å². The number of likely N-dealkylation sites (tertiary alicyclic amines) is 1. The minimum atomic E-state index is 0.633. The Morgan fingerprint density at radius 3 is 2.59 bits per heavy atom. The number of thiocarbonyl (C=S) groups is 1. The number of nitrogens with one attached hydrogen (secondary N) is 1. The number of benzene rings is 1. The molecule has 0 bridgehead atoms. The first kappa shape index (κ1) is 12.9. The van der Waals surface area contributed by atoms with Gasteiger partial charge in [-0.25, -0.2) is 0 Å². The molecule has 0 saturated carbocycles. The first-order chi connectivity index (χ1) is 8.16. The van der Waals surface area contributed by atoms with E-state index in [0.29, 0.717) is 10.0 Å². The Morgan fingerprint density at radius 2 is 1.88 bits per heavy atom. The lowest BCUT2D eigenvalue weighted by atomic mass is 10.1. The average molecular weight is 289 g/mol. The molecule has 1 saturated heterocycles. The number of rotatable bonds is 1. The molecule has 1 aliphatic heterocycles. The van der Waals surface area contributed by atoms with Gasteiger partial charge >= 0.3 is 0 Å². The number of piperidine rings is 1. The maximum atomic E-state index is 6.08. The second-order valence-corrected chi connectivity index (χ2v) is 5.33. The fourth-order valence-electron chi connectivity index (χ4n) is 1.88. The molecule has 1 aliphatic rings. The zero-order valence-corrected chi connectivity index (χ0v) is 11.7. The van der Waals surface area contributed by atoms with Gasteiger partial charge in [-0.1, -0.05) is 23.2 Å². The molecule has 0 spiro atoms. The summed E-state index contributed by atoms with van der Waals surface area (Å²) in [5.41, 5.74) is 0.773. The Labute approximate surface area is 117 Å². The predicted octanol–water partition coefficient (Wildman–Crippen LogP) is 4.18. The van der Waals surface area contributed by atoms with E-state index in [4.69, 9.17) is 35.4 Å². The third-order valence-electron chi connectivity index (χ3n) is 2.81. The SMILES string of the molecule is S=C(Nc1cc(Cl)ccc1Cl)N1CCCCC1. The zero-order chi connectivity index (χ0) is 12.3. The van der Waals surface area contributed by atoms with Gasteiger partial charge in [0.15, 0.2) is 5.11 Å². The molecule has 0 amide bonds. The Kier molecular flexibility index (Phi) is 4.48. The summed E-state index contributed by atoms with van der Waals surface area (Å²) in [5.74, 6) is 0. The van der Waals surface area contributed by atoms with Crippen molar-refractivity contribution >= 4 is 46.2 Å². The van der Waals surface area contributed by atoms with Gasteiger partial charge in [0.05, 0.1) is 10.7 Å². The van der Waals surface area contributed by atoms with E-state index in [1.165, 1.54) is 19.3 Å². The molecule has 0 radical (unpaired) electrons. The second kappa shape index (κ2) is 5.89. The van der Waals surface area contributed by atoms with E-state index in [1.807, 2.05) is 0 Å². The lowest BCUT2D eigenvalue weighted by Gasteiger charge is -2.29. The number of hydrogen-bond acceptors (Lipinski definition) is 1. The van der Waals surface area contributed by atoms with Crippen LogP contribution in [0.2, 0.25) is 10.0 Å². The Balaban J connectivity index is 2.04. The van der Waals surface area contributed by atoms with Gasteiger partial charge in [0.25, 0.3) is 0 Å². The molecule has 0 atom stereocenters. The summed E-state index contributed by atoms with van der Waals surface area (Å²) in [4.78, 5) is 2.18. The number of nitrogens with zero attached hydrogens (tertiary/aromatic N) is 1. The van der Waals surface area contributed by atoms with Crippen LogP contribution in [-0.4, -0.2) is 23.1 Å². The molecule has 5 heteroatoms. The fourth-order valence-corrected chi connectivity index (χ4v) is 2.51. The van der Waals surface area contributed by atoms with Crippen molar-refractivity contribution < 1.29 is 0 Å². The molecule has 17 heavy (non-hydrogen) atoms. The number of halogens is 2. The molecule has 1 fully saturated rings. The summed E-state index contributed by atoms with van der Waals surface area (Å²) in [6.07, 6.45) is 3.69. The van der Waals surface area contributed by atoms with Crippen LogP contribution in [-0.2, 0) is 0 Å². The summed E-state index contributed by atoms with van der Waals surface area (Å²) >= 11 is 17.4. The maximum Gasteiger partial charge on any atom is 0.173 e. The molecule has 1 aromatic rings. The average Bonchev–Trinajstić information content (AvgIpc) is 2.35. The van der Waals surface area contributed by atoms with E-state index in [1.54, 1.807) is 18.2 Å². The minimum Gasteiger partial charge on any atom is -0.349 e. The van der Waals surface area contributed by atoms with Crippen LogP contribution in [0.3, 0.4) is 0 Å². The number of anilines is 1. The molecular weight excluding hydrogens is 275 g/mol. The molecule has 0 aromatic heterocycles. The van der Waals surface area contributed by atoms with E-state index in [2.05, 4.69) is 10.2 Å². The highest BCUT2D eigenvalue weighted by Gasteiger charge is 2.14. The third kappa shape index (κ3) is 3.47. The fraction of sp³-hybridized carbons (Fsp3) is 0.417. The van der Waals surface area contributed by atoms with Crippen molar-refractivity contribution in [3.63, 3.8) is 0 Å². The minimum absolute atomic E-state index is 0.633. The second-order valence-electron chi connectivity index (χ2n) is 4.10. The van der Waals surface area contributed by atoms with Gasteiger partial charge < -0.3 is 10.2 Å². The molecule has 1 heterocycles. The number of hydrogen-bond donors (Lipinski definition) is 1. The summed E-state index contributed by atoms with van der Waals surface area (Å²) < 4.78 is 0. The predicted molar refractivity (Wildman–Crippen MR) is 78.1 cm³/mol. The van der Waals surface area contributed by atoms with Crippen molar-refractivity contribution in [3.05, 3.63) is 28.2 Å². The van der Waals surface area contributed by atoms with Crippen LogP contribution in [0.4, 0.5) is 5.69 Å². The summed E-state index contributed by atoms with van der Waals surface area (Å²) in [6.45, 7) is 2.04. The van der Waals surface area contributed by atoms with Gasteiger partial charge in [-0.05, 0) is 49.7 Å². The summed E-state index contributed by atoms with van der Waals surface area (Å²) in [6, 6.07) is 5.32. The topological polar surface area (TPSA) is 15.3 Å². The van der Waals surface area contributed by atoms with Crippen molar-refractivity contribution in [3.8, 4) is 0 Å². The molecule has 0 unspecified atom stereocenters. The van der Waals surface area contributed by atoms with Gasteiger partial charge in [-0.15, -0.1) is 0 Å². The maximum absolute atomic E-state index is 6.08. The monoisotopic (exact) mass is 288 g/mol. The van der Waals surface area contributed by atoms with Crippen molar-refractivity contribution in [2.24, 2.45) is 0 Å². The van der Waals surface area contributed by atoms with Crippen LogP contribution >= 0.6 is 35.4 Å². The zero-order valence-electron chi connectivity index (χ0n) is 9.38. The van der Waals surface area contributed by atoms with Crippen LogP contribution in [0, 0.1) is 0 Å². The third-order valence-corrected chi connectivity index (χ3v) is 3.74. The highest BCUT2D eigenvalue weighted by atomic mass is 35.5. The van der Waals surface area contributed by atoms with Gasteiger partial charge in [0.2, 0.25) is 0 Å². The lowest BCUT2D eigenvalue weighted by Crippen LogP contribution is -2.38. The highest BCUT2D eigenvalue weighted by molar-refractivity contribution is 7.80. The Bertz CT molecular complexity index is 417. The van der Waals surface area contributed by atoms with E-state index in [-0.39, 0.29) is 0 Å². The van der Waals surface area contributed by atoms with Crippen molar-refractivity contribution in [2.45, 2.75) is 19.3 Å². The van der Waals surface area contributed by atoms with Gasteiger partial charge in [-0.2, -0.15) is 0 Å². The quantitative estimate of drug-likeness (QED) is 0.781. The van der Waals surface area contributed by atoms with E-state index in [9.17, 15) is 0 Å². The van der Waals surface area contributed by atoms with Crippen LogP contribution in [0.15, 0.2) is 18.2 Å². The summed E-state index contributed by atoms with van der Waals surface area (Å²) in [5, 5.41) is 5.18. The molecule has 2 rings (SSSR count). The van der Waals surface area contributed by atoms with Gasteiger partial charge in [-0.3, -0.25) is 0 Å². The first-order valence-electron chi connectivity index (χ1n) is 5.68. The van der Waals surface area contributed by atoms with Crippen molar-refractivity contribution in [1.29, 1.82) is 0 Å². The Hall–Kier alpha value is -0.510. The van der Waals surface area contributed by atoms with E-state index < -0.39 is 0 Å². The van der Waals surface area contributed by atoms with Crippen LogP contribution in [0.1, 0.15) is 19.3 Å². The van der Waals surface area contributed by atoms with Gasteiger partial charge in [0, 0.05) is 18.1 Å². The standard InChI is InChI=1S/C12H14Cl2N2S/c13-9-4-5-10(14)11(8-9)15-12(17)16-6-2-1-3-7-16/h4-5,8H,1-3,6-7H2,(H,15,17). The summed E-state index contributed by atoms with van der Waals surface area (Å²) in [7, 11) is 0. The van der Waals surface area contributed by atoms with E-state index in [0.717, 1.165) is 23.9 Å². The molecule has 2 nitrogen and oxygen atoms in total. The molecule has 92 valence electrons. The lowest BCUT2D eigenvalue weighted by molar-refractivity contribution is 0.346.